The second-order valence-electron chi connectivity index (χ2n) is 9.24. The van der Waals surface area contributed by atoms with E-state index >= 15 is 0 Å². The van der Waals surface area contributed by atoms with Crippen molar-refractivity contribution < 1.29 is 14.3 Å². The van der Waals surface area contributed by atoms with Gasteiger partial charge in [-0.2, -0.15) is 5.26 Å². The molecule has 0 aromatic rings. The molecule has 2 saturated heterocycles. The minimum atomic E-state index is -0.738. The fourth-order valence-electron chi connectivity index (χ4n) is 5.07. The first-order valence-electron chi connectivity index (χ1n) is 12.1. The fraction of sp³-hybridized carbons (Fsp3) is 0.792. The van der Waals surface area contributed by atoms with Crippen molar-refractivity contribution in [2.24, 2.45) is 11.8 Å². The normalized spacial score (nSPS) is 22.3. The smallest absolute Gasteiger partial charge is 0.224 e. The van der Waals surface area contributed by atoms with Crippen LogP contribution in [0.4, 0.5) is 0 Å². The summed E-state index contributed by atoms with van der Waals surface area (Å²) < 4.78 is 5.35. The average Bonchev–Trinajstić information content (AvgIpc) is 2.83. The van der Waals surface area contributed by atoms with Crippen LogP contribution >= 0.6 is 0 Å². The highest BCUT2D eigenvalue weighted by atomic mass is 16.5. The number of carbonyl (C=O) groups excluding carboxylic acids is 2. The van der Waals surface area contributed by atoms with E-state index in [4.69, 9.17) is 4.74 Å². The molecule has 1 unspecified atom stereocenters. The van der Waals surface area contributed by atoms with E-state index in [0.717, 1.165) is 45.2 Å². The molecule has 3 fully saturated rings. The molecular weight excluding hydrogens is 392 g/mol. The Morgan fingerprint density at radius 1 is 1.00 bits per heavy atom. The van der Waals surface area contributed by atoms with Crippen LogP contribution in [0.2, 0.25) is 0 Å². The third kappa shape index (κ3) is 6.96. The van der Waals surface area contributed by atoms with Crippen LogP contribution in [0.5, 0.6) is 0 Å². The molecule has 3 rings (SSSR count). The molecule has 1 saturated carbocycles. The Balaban J connectivity index is 1.63. The first kappa shape index (κ1) is 23.6. The highest BCUT2D eigenvalue weighted by Gasteiger charge is 2.31. The SMILES string of the molecule is C=C([C@@H](C#N)NC(=O)C(CC(=O)N1CCOCC1)CC1CCCCC1)N1CCCCC1. The summed E-state index contributed by atoms with van der Waals surface area (Å²) in [5, 5.41) is 12.6. The second kappa shape index (κ2) is 12.1. The summed E-state index contributed by atoms with van der Waals surface area (Å²) in [6, 6.07) is 1.48. The van der Waals surface area contributed by atoms with E-state index in [2.05, 4.69) is 22.9 Å². The molecule has 1 aliphatic carbocycles. The number of nitriles is 1. The maximum atomic E-state index is 13.3. The van der Waals surface area contributed by atoms with Gasteiger partial charge < -0.3 is 19.9 Å². The lowest BCUT2D eigenvalue weighted by Gasteiger charge is -2.33. The van der Waals surface area contributed by atoms with Crippen molar-refractivity contribution in [1.82, 2.24) is 15.1 Å². The Kier molecular flexibility index (Phi) is 9.20. The molecule has 3 aliphatic rings. The van der Waals surface area contributed by atoms with Gasteiger partial charge in [0.1, 0.15) is 0 Å². The van der Waals surface area contributed by atoms with Crippen LogP contribution in [-0.4, -0.2) is 67.0 Å². The van der Waals surface area contributed by atoms with Crippen molar-refractivity contribution in [3.05, 3.63) is 12.3 Å². The van der Waals surface area contributed by atoms with Crippen LogP contribution in [0.15, 0.2) is 12.3 Å². The third-order valence-corrected chi connectivity index (χ3v) is 7.01. The molecule has 7 heteroatoms. The van der Waals surface area contributed by atoms with Gasteiger partial charge in [-0.3, -0.25) is 9.59 Å². The number of hydrogen-bond acceptors (Lipinski definition) is 5. The van der Waals surface area contributed by atoms with E-state index in [1.54, 1.807) is 4.90 Å². The molecular formula is C24H38N4O3. The zero-order valence-electron chi connectivity index (χ0n) is 18.8. The molecule has 2 aliphatic heterocycles. The topological polar surface area (TPSA) is 85.7 Å². The van der Waals surface area contributed by atoms with Gasteiger partial charge in [-0.15, -0.1) is 0 Å². The van der Waals surface area contributed by atoms with Gasteiger partial charge in [0.15, 0.2) is 6.04 Å². The number of ether oxygens (including phenoxy) is 1. The molecule has 2 amide bonds. The summed E-state index contributed by atoms with van der Waals surface area (Å²) in [6.45, 7) is 8.16. The highest BCUT2D eigenvalue weighted by Crippen LogP contribution is 2.31. The molecule has 0 bridgehead atoms. The van der Waals surface area contributed by atoms with Crippen molar-refractivity contribution in [3.63, 3.8) is 0 Å². The van der Waals surface area contributed by atoms with Crippen molar-refractivity contribution in [2.75, 3.05) is 39.4 Å². The molecule has 2 atom stereocenters. The van der Waals surface area contributed by atoms with E-state index in [1.165, 1.54) is 25.7 Å². The predicted molar refractivity (Wildman–Crippen MR) is 119 cm³/mol. The summed E-state index contributed by atoms with van der Waals surface area (Å²) >= 11 is 0. The minimum Gasteiger partial charge on any atom is -0.378 e. The van der Waals surface area contributed by atoms with E-state index < -0.39 is 12.0 Å². The molecule has 0 spiro atoms. The van der Waals surface area contributed by atoms with Gasteiger partial charge in [-0.1, -0.05) is 38.7 Å². The molecule has 0 radical (unpaired) electrons. The number of amides is 2. The number of hydrogen-bond donors (Lipinski definition) is 1. The van der Waals surface area contributed by atoms with Gasteiger partial charge in [-0.05, 0) is 31.6 Å². The zero-order chi connectivity index (χ0) is 22.1. The predicted octanol–water partition coefficient (Wildman–Crippen LogP) is 2.83. The molecule has 172 valence electrons. The maximum absolute atomic E-state index is 13.3. The summed E-state index contributed by atoms with van der Waals surface area (Å²) in [7, 11) is 0. The van der Waals surface area contributed by atoms with Gasteiger partial charge in [-0.25, -0.2) is 0 Å². The van der Waals surface area contributed by atoms with Crippen molar-refractivity contribution in [1.29, 1.82) is 5.26 Å². The van der Waals surface area contributed by atoms with Crippen molar-refractivity contribution >= 4 is 11.8 Å². The van der Waals surface area contributed by atoms with E-state index in [9.17, 15) is 14.9 Å². The third-order valence-electron chi connectivity index (χ3n) is 7.01. The first-order valence-corrected chi connectivity index (χ1v) is 12.1. The van der Waals surface area contributed by atoms with E-state index in [1.807, 2.05) is 0 Å². The highest BCUT2D eigenvalue weighted by molar-refractivity contribution is 5.86. The molecule has 7 nitrogen and oxygen atoms in total. The Morgan fingerprint density at radius 2 is 1.65 bits per heavy atom. The first-order chi connectivity index (χ1) is 15.1. The number of nitrogens with one attached hydrogen (secondary N) is 1. The molecule has 1 N–H and O–H groups in total. The molecule has 0 aromatic heterocycles. The van der Waals surface area contributed by atoms with E-state index in [0.29, 0.717) is 37.9 Å². The Hall–Kier alpha value is -2.07. The van der Waals surface area contributed by atoms with E-state index in [-0.39, 0.29) is 18.2 Å². The van der Waals surface area contributed by atoms with Gasteiger partial charge in [0.2, 0.25) is 11.8 Å². The summed E-state index contributed by atoms with van der Waals surface area (Å²) in [4.78, 5) is 30.1. The number of piperidine rings is 1. The second-order valence-corrected chi connectivity index (χ2v) is 9.24. The Morgan fingerprint density at radius 3 is 2.29 bits per heavy atom. The van der Waals surface area contributed by atoms with Crippen LogP contribution in [0.25, 0.3) is 0 Å². The van der Waals surface area contributed by atoms with Gasteiger partial charge in [0.25, 0.3) is 0 Å². The Bertz CT molecular complexity index is 656. The van der Waals surface area contributed by atoms with Gasteiger partial charge in [0, 0.05) is 44.2 Å². The lowest BCUT2D eigenvalue weighted by molar-refractivity contribution is -0.139. The maximum Gasteiger partial charge on any atom is 0.224 e. The quantitative estimate of drug-likeness (QED) is 0.640. The summed E-state index contributed by atoms with van der Waals surface area (Å²) in [5.74, 6) is -0.0872. The standard InChI is InChI=1S/C24H38N4O3/c1-19(27-10-6-3-7-11-27)22(18-25)26-24(30)21(16-20-8-4-2-5-9-20)17-23(29)28-12-14-31-15-13-28/h20-22H,1-17H2,(H,26,30)/t21?,22-/m1/s1. The van der Waals surface area contributed by atoms with Crippen molar-refractivity contribution in [3.8, 4) is 6.07 Å². The van der Waals surface area contributed by atoms with Crippen LogP contribution in [0.3, 0.4) is 0 Å². The van der Waals surface area contributed by atoms with Crippen LogP contribution in [-0.2, 0) is 14.3 Å². The van der Waals surface area contributed by atoms with Gasteiger partial charge >= 0.3 is 0 Å². The largest absolute Gasteiger partial charge is 0.378 e. The summed E-state index contributed by atoms with van der Waals surface area (Å²) in [6.07, 6.45) is 10.2. The lowest BCUT2D eigenvalue weighted by atomic mass is 9.81. The number of nitrogens with zero attached hydrogens (tertiary/aromatic N) is 3. The minimum absolute atomic E-state index is 0.0163. The number of morpholine rings is 1. The Labute approximate surface area is 186 Å². The van der Waals surface area contributed by atoms with Crippen LogP contribution in [0.1, 0.15) is 64.2 Å². The summed E-state index contributed by atoms with van der Waals surface area (Å²) in [5.41, 5.74) is 0.673. The molecule has 2 heterocycles. The monoisotopic (exact) mass is 430 g/mol. The van der Waals surface area contributed by atoms with Gasteiger partial charge in [0.05, 0.1) is 19.3 Å². The van der Waals surface area contributed by atoms with Crippen LogP contribution < -0.4 is 5.32 Å². The number of likely N-dealkylation sites (tertiary alicyclic amines) is 1. The molecule has 31 heavy (non-hydrogen) atoms. The van der Waals surface area contributed by atoms with Crippen LogP contribution in [0, 0.1) is 23.2 Å². The number of rotatable bonds is 8. The molecule has 0 aromatic carbocycles. The fourth-order valence-corrected chi connectivity index (χ4v) is 5.07. The zero-order valence-corrected chi connectivity index (χ0v) is 18.8. The van der Waals surface area contributed by atoms with Crippen molar-refractivity contribution in [2.45, 2.75) is 70.3 Å². The average molecular weight is 431 g/mol. The lowest BCUT2D eigenvalue weighted by Crippen LogP contribution is -2.46. The number of carbonyl (C=O) groups is 2.